The fourth-order valence-electron chi connectivity index (χ4n) is 2.32. The summed E-state index contributed by atoms with van der Waals surface area (Å²) in [7, 11) is 0. The van der Waals surface area contributed by atoms with E-state index in [-0.39, 0.29) is 22.7 Å². The van der Waals surface area contributed by atoms with Crippen molar-refractivity contribution in [1.29, 1.82) is 0 Å². The van der Waals surface area contributed by atoms with Gasteiger partial charge in [0.2, 0.25) is 0 Å². The van der Waals surface area contributed by atoms with Gasteiger partial charge in [0, 0.05) is 11.1 Å². The molecule has 1 heterocycles. The zero-order valence-electron chi connectivity index (χ0n) is 12.1. The third kappa shape index (κ3) is 3.33. The highest BCUT2D eigenvalue weighted by Crippen LogP contribution is 2.25. The number of hydrogen-bond donors (Lipinski definition) is 0. The first-order chi connectivity index (χ1) is 11.3. The largest absolute Gasteiger partial charge is 0.411 e. The quantitative estimate of drug-likeness (QED) is 0.682. The second-order valence-corrected chi connectivity index (χ2v) is 5.45. The van der Waals surface area contributed by atoms with E-state index in [0.717, 1.165) is 10.9 Å². The van der Waals surface area contributed by atoms with Gasteiger partial charge in [-0.05, 0) is 23.8 Å². The van der Waals surface area contributed by atoms with Crippen molar-refractivity contribution in [2.24, 2.45) is 0 Å². The maximum absolute atomic E-state index is 12.9. The molecule has 3 nitrogen and oxygen atoms in total. The van der Waals surface area contributed by atoms with Gasteiger partial charge in [-0.25, -0.2) is 4.98 Å². The van der Waals surface area contributed by atoms with E-state index >= 15 is 0 Å². The number of allylic oxidation sites excluding steroid dienone is 1. The SMILES string of the molecule is O=c1c2ccc(Cl)cc2ncn1/C(=C\C(F)(F)F)c1ccccc1. The van der Waals surface area contributed by atoms with Gasteiger partial charge in [0.1, 0.15) is 6.33 Å². The molecule has 0 bridgehead atoms. The molecule has 24 heavy (non-hydrogen) atoms. The number of halogens is 4. The van der Waals surface area contributed by atoms with Crippen LogP contribution in [-0.2, 0) is 0 Å². The monoisotopic (exact) mass is 350 g/mol. The van der Waals surface area contributed by atoms with E-state index in [9.17, 15) is 18.0 Å². The van der Waals surface area contributed by atoms with Crippen LogP contribution in [0.25, 0.3) is 16.6 Å². The number of hydrogen-bond acceptors (Lipinski definition) is 2. The summed E-state index contributed by atoms with van der Waals surface area (Å²) in [5.41, 5.74) is -0.316. The molecule has 7 heteroatoms. The van der Waals surface area contributed by atoms with Crippen LogP contribution in [0.2, 0.25) is 5.02 Å². The summed E-state index contributed by atoms with van der Waals surface area (Å²) < 4.78 is 39.7. The number of fused-ring (bicyclic) bond motifs is 1. The highest BCUT2D eigenvalue weighted by Gasteiger charge is 2.26. The van der Waals surface area contributed by atoms with Crippen molar-refractivity contribution in [3.05, 3.63) is 81.9 Å². The topological polar surface area (TPSA) is 34.9 Å². The van der Waals surface area contributed by atoms with Gasteiger partial charge >= 0.3 is 6.18 Å². The van der Waals surface area contributed by atoms with Crippen molar-refractivity contribution in [1.82, 2.24) is 9.55 Å². The number of nitrogens with zero attached hydrogens (tertiary/aromatic N) is 2. The van der Waals surface area contributed by atoms with E-state index < -0.39 is 11.7 Å². The molecule has 0 aliphatic carbocycles. The summed E-state index contributed by atoms with van der Waals surface area (Å²) in [6, 6.07) is 12.3. The number of rotatable bonds is 2. The van der Waals surface area contributed by atoms with Crippen molar-refractivity contribution in [2.45, 2.75) is 6.18 Å². The van der Waals surface area contributed by atoms with E-state index in [1.807, 2.05) is 0 Å². The average molecular weight is 351 g/mol. The molecule has 2 aromatic carbocycles. The summed E-state index contributed by atoms with van der Waals surface area (Å²) in [5, 5.41) is 0.576. The average Bonchev–Trinajstić information content (AvgIpc) is 2.53. The summed E-state index contributed by atoms with van der Waals surface area (Å²) in [6.45, 7) is 0. The van der Waals surface area contributed by atoms with Crippen LogP contribution in [-0.4, -0.2) is 15.7 Å². The van der Waals surface area contributed by atoms with Crippen LogP contribution < -0.4 is 5.56 Å². The summed E-state index contributed by atoms with van der Waals surface area (Å²) in [4.78, 5) is 16.7. The lowest BCUT2D eigenvalue weighted by Crippen LogP contribution is -2.22. The molecule has 0 saturated carbocycles. The van der Waals surface area contributed by atoms with Crippen LogP contribution in [0, 0.1) is 0 Å². The predicted octanol–water partition coefficient (Wildman–Crippen LogP) is 4.50. The lowest BCUT2D eigenvalue weighted by atomic mass is 10.1. The third-order valence-electron chi connectivity index (χ3n) is 3.35. The summed E-state index contributed by atoms with van der Waals surface area (Å²) >= 11 is 5.85. The predicted molar refractivity (Wildman–Crippen MR) is 86.9 cm³/mol. The first-order valence-corrected chi connectivity index (χ1v) is 7.25. The summed E-state index contributed by atoms with van der Waals surface area (Å²) in [5.74, 6) is 0. The van der Waals surface area contributed by atoms with Gasteiger partial charge in [-0.1, -0.05) is 41.9 Å². The molecule has 0 radical (unpaired) electrons. The molecule has 0 amide bonds. The van der Waals surface area contributed by atoms with E-state index in [1.165, 1.54) is 30.3 Å². The Morgan fingerprint density at radius 2 is 1.83 bits per heavy atom. The van der Waals surface area contributed by atoms with E-state index in [0.29, 0.717) is 10.5 Å². The lowest BCUT2D eigenvalue weighted by molar-refractivity contribution is -0.0795. The van der Waals surface area contributed by atoms with Gasteiger partial charge in [-0.15, -0.1) is 0 Å². The van der Waals surface area contributed by atoms with Gasteiger partial charge in [0.15, 0.2) is 0 Å². The highest BCUT2D eigenvalue weighted by molar-refractivity contribution is 6.31. The maximum Gasteiger partial charge on any atom is 0.411 e. The Hall–Kier alpha value is -2.60. The molecule has 0 unspecified atom stereocenters. The molecule has 3 aromatic rings. The molecular formula is C17H10ClF3N2O. The molecule has 0 aliphatic rings. The molecule has 1 aromatic heterocycles. The molecule has 0 atom stereocenters. The number of benzene rings is 2. The minimum Gasteiger partial charge on any atom is -0.268 e. The van der Waals surface area contributed by atoms with E-state index in [4.69, 9.17) is 11.6 Å². The van der Waals surface area contributed by atoms with E-state index in [2.05, 4.69) is 4.98 Å². The van der Waals surface area contributed by atoms with Crippen molar-refractivity contribution in [2.75, 3.05) is 0 Å². The molecular weight excluding hydrogens is 341 g/mol. The van der Waals surface area contributed by atoms with Crippen LogP contribution in [0.3, 0.4) is 0 Å². The second kappa shape index (κ2) is 6.13. The fraction of sp³-hybridized carbons (Fsp3) is 0.0588. The van der Waals surface area contributed by atoms with Crippen molar-refractivity contribution in [3.8, 4) is 0 Å². The van der Waals surface area contributed by atoms with Crippen LogP contribution in [0.4, 0.5) is 13.2 Å². The van der Waals surface area contributed by atoms with Crippen LogP contribution >= 0.6 is 11.6 Å². The molecule has 0 spiro atoms. The Bertz CT molecular complexity index is 979. The van der Waals surface area contributed by atoms with Crippen molar-refractivity contribution < 1.29 is 13.2 Å². The first kappa shape index (κ1) is 16.3. The molecule has 122 valence electrons. The highest BCUT2D eigenvalue weighted by atomic mass is 35.5. The normalized spacial score (nSPS) is 12.6. The zero-order valence-corrected chi connectivity index (χ0v) is 12.8. The van der Waals surface area contributed by atoms with Gasteiger partial charge < -0.3 is 0 Å². The minimum atomic E-state index is -4.58. The third-order valence-corrected chi connectivity index (χ3v) is 3.59. The first-order valence-electron chi connectivity index (χ1n) is 6.87. The van der Waals surface area contributed by atoms with Gasteiger partial charge in [-0.3, -0.25) is 9.36 Å². The van der Waals surface area contributed by atoms with E-state index in [1.54, 1.807) is 18.2 Å². The van der Waals surface area contributed by atoms with Gasteiger partial charge in [0.05, 0.1) is 16.6 Å². The number of aromatic nitrogens is 2. The molecule has 0 fully saturated rings. The minimum absolute atomic E-state index is 0.0904. The van der Waals surface area contributed by atoms with Crippen molar-refractivity contribution >= 4 is 28.2 Å². The second-order valence-electron chi connectivity index (χ2n) is 5.02. The summed E-state index contributed by atoms with van der Waals surface area (Å²) in [6.07, 6.45) is -3.42. The standard InChI is InChI=1S/C17H10ClF3N2O/c18-12-6-7-13-14(8-12)22-10-23(16(13)24)15(9-17(19,20)21)11-4-2-1-3-5-11/h1-10H/b15-9-. The fourth-order valence-corrected chi connectivity index (χ4v) is 2.49. The Labute approximate surface area is 139 Å². The van der Waals surface area contributed by atoms with Crippen molar-refractivity contribution in [3.63, 3.8) is 0 Å². The van der Waals surface area contributed by atoms with Crippen LogP contribution in [0.15, 0.2) is 65.7 Å². The molecule has 3 rings (SSSR count). The number of alkyl halides is 3. The Morgan fingerprint density at radius 3 is 2.50 bits per heavy atom. The smallest absolute Gasteiger partial charge is 0.268 e. The van der Waals surface area contributed by atoms with Crippen LogP contribution in [0.1, 0.15) is 5.56 Å². The molecule has 0 saturated heterocycles. The molecule has 0 aliphatic heterocycles. The Balaban J connectivity index is 2.28. The van der Waals surface area contributed by atoms with Gasteiger partial charge in [-0.2, -0.15) is 13.2 Å². The van der Waals surface area contributed by atoms with Crippen LogP contribution in [0.5, 0.6) is 0 Å². The maximum atomic E-state index is 12.9. The zero-order chi connectivity index (χ0) is 17.3. The lowest BCUT2D eigenvalue weighted by Gasteiger charge is -2.13. The van der Waals surface area contributed by atoms with Gasteiger partial charge in [0.25, 0.3) is 5.56 Å². The Morgan fingerprint density at radius 1 is 1.12 bits per heavy atom. The Kier molecular flexibility index (Phi) is 4.15. The molecule has 0 N–H and O–H groups in total.